The van der Waals surface area contributed by atoms with Crippen molar-refractivity contribution in [2.24, 2.45) is 0 Å². The van der Waals surface area contributed by atoms with Gasteiger partial charge in [0.15, 0.2) is 0 Å². The van der Waals surface area contributed by atoms with E-state index in [-0.39, 0.29) is 22.9 Å². The summed E-state index contributed by atoms with van der Waals surface area (Å²) in [6.07, 6.45) is 0.667. The number of ether oxygens (including phenoxy) is 2. The Morgan fingerprint density at radius 2 is 1.65 bits per heavy atom. The highest BCUT2D eigenvalue weighted by atomic mass is 32.2. The predicted molar refractivity (Wildman–Crippen MR) is 133 cm³/mol. The van der Waals surface area contributed by atoms with E-state index in [1.165, 1.54) is 32.4 Å². The molecule has 0 radical (unpaired) electrons. The molecule has 3 aromatic carbocycles. The molecular weight excluding hydrogens is 474 g/mol. The summed E-state index contributed by atoms with van der Waals surface area (Å²) in [5.41, 5.74) is 1.48. The lowest BCUT2D eigenvalue weighted by Gasteiger charge is -2.14. The van der Waals surface area contributed by atoms with Gasteiger partial charge in [-0.1, -0.05) is 24.3 Å². The number of fused-ring (bicyclic) bond motifs is 1. The Bertz CT molecular complexity index is 1400. The van der Waals surface area contributed by atoms with Gasteiger partial charge in [-0.25, -0.2) is 13.4 Å². The second-order valence-corrected chi connectivity index (χ2v) is 10.1. The van der Waals surface area contributed by atoms with Crippen molar-refractivity contribution >= 4 is 48.9 Å². The average Bonchev–Trinajstić information content (AvgIpc) is 3.26. The zero-order valence-electron chi connectivity index (χ0n) is 18.6. The van der Waals surface area contributed by atoms with Crippen LogP contribution in [0.1, 0.15) is 11.4 Å². The Balaban J connectivity index is 1.49. The van der Waals surface area contributed by atoms with Crippen LogP contribution >= 0.6 is 11.3 Å². The number of nitrogens with one attached hydrogen (secondary N) is 2. The van der Waals surface area contributed by atoms with E-state index in [1.807, 2.05) is 24.3 Å². The Kier molecular flexibility index (Phi) is 6.99. The third-order valence-corrected chi connectivity index (χ3v) is 7.47. The average molecular weight is 498 g/mol. The molecule has 1 aromatic heterocycles. The first kappa shape index (κ1) is 23.5. The normalized spacial score (nSPS) is 11.2. The van der Waals surface area contributed by atoms with Gasteiger partial charge in [-0.2, -0.15) is 0 Å². The summed E-state index contributed by atoms with van der Waals surface area (Å²) in [7, 11) is -1.03. The molecule has 4 rings (SSSR count). The molecule has 34 heavy (non-hydrogen) atoms. The summed E-state index contributed by atoms with van der Waals surface area (Å²) in [4.78, 5) is 17.1. The van der Waals surface area contributed by atoms with Crippen LogP contribution in [0.5, 0.6) is 11.5 Å². The maximum atomic E-state index is 13.0. The molecule has 0 aliphatic rings. The smallest absolute Gasteiger partial charge is 0.262 e. The fraction of sp³-hybridized carbons (Fsp3) is 0.167. The molecule has 8 nitrogen and oxygen atoms in total. The van der Waals surface area contributed by atoms with E-state index in [0.29, 0.717) is 23.6 Å². The number of carbonyl (C=O) groups excluding carboxylic acids is 1. The minimum Gasteiger partial charge on any atom is -0.495 e. The van der Waals surface area contributed by atoms with Gasteiger partial charge >= 0.3 is 0 Å². The molecule has 0 bridgehead atoms. The first-order chi connectivity index (χ1) is 16.4. The molecule has 0 fully saturated rings. The molecule has 0 unspecified atom stereocenters. The van der Waals surface area contributed by atoms with E-state index in [4.69, 9.17) is 9.47 Å². The standard InChI is InChI=1S/C24H23N3O5S2/c1-31-20-9-5-3-7-17(20)27-34(29,30)16-11-12-21(32-2)19(15-16)25-23(28)13-14-24-26-18-8-4-6-10-22(18)33-24/h3-12,15,27H,13-14H2,1-2H3,(H,25,28). The number of sulfonamides is 1. The number of anilines is 2. The van der Waals surface area contributed by atoms with Gasteiger partial charge in [0.25, 0.3) is 10.0 Å². The minimum absolute atomic E-state index is 0.0271. The highest BCUT2D eigenvalue weighted by molar-refractivity contribution is 7.92. The third kappa shape index (κ3) is 5.29. The molecule has 4 aromatic rings. The molecule has 0 saturated carbocycles. The largest absolute Gasteiger partial charge is 0.495 e. The van der Waals surface area contributed by atoms with Gasteiger partial charge in [0.2, 0.25) is 5.91 Å². The zero-order chi connectivity index (χ0) is 24.1. The second kappa shape index (κ2) is 10.1. The van der Waals surface area contributed by atoms with E-state index in [2.05, 4.69) is 15.0 Å². The lowest BCUT2D eigenvalue weighted by atomic mass is 10.2. The second-order valence-electron chi connectivity index (χ2n) is 7.29. The molecule has 0 spiro atoms. The SMILES string of the molecule is COc1ccc(S(=O)(=O)Nc2ccccc2OC)cc1NC(=O)CCc1nc2ccccc2s1. The van der Waals surface area contributed by atoms with E-state index in [9.17, 15) is 13.2 Å². The first-order valence-electron chi connectivity index (χ1n) is 10.4. The molecule has 1 heterocycles. The lowest BCUT2D eigenvalue weighted by molar-refractivity contribution is -0.116. The number of hydrogen-bond acceptors (Lipinski definition) is 7. The van der Waals surface area contributed by atoms with Crippen molar-refractivity contribution in [3.05, 3.63) is 71.7 Å². The monoisotopic (exact) mass is 497 g/mol. The summed E-state index contributed by atoms with van der Waals surface area (Å²) in [6.45, 7) is 0. The quantitative estimate of drug-likeness (QED) is 0.348. The molecule has 0 saturated heterocycles. The van der Waals surface area contributed by atoms with Crippen LogP contribution in [0.25, 0.3) is 10.2 Å². The van der Waals surface area contributed by atoms with Gasteiger partial charge in [-0.3, -0.25) is 9.52 Å². The van der Waals surface area contributed by atoms with Crippen LogP contribution in [0.2, 0.25) is 0 Å². The Hall–Kier alpha value is -3.63. The van der Waals surface area contributed by atoms with Crippen LogP contribution in [0, 0.1) is 0 Å². The maximum Gasteiger partial charge on any atom is 0.262 e. The molecule has 2 N–H and O–H groups in total. The number of nitrogens with zero attached hydrogens (tertiary/aromatic N) is 1. The summed E-state index contributed by atoms with van der Waals surface area (Å²) in [5, 5.41) is 3.62. The first-order valence-corrected chi connectivity index (χ1v) is 12.7. The number of amides is 1. The molecule has 176 valence electrons. The van der Waals surface area contributed by atoms with Crippen LogP contribution in [0.4, 0.5) is 11.4 Å². The zero-order valence-corrected chi connectivity index (χ0v) is 20.2. The molecule has 10 heteroatoms. The summed E-state index contributed by atoms with van der Waals surface area (Å²) >= 11 is 1.55. The Morgan fingerprint density at radius 1 is 0.941 bits per heavy atom. The fourth-order valence-corrected chi connectivity index (χ4v) is 5.41. The van der Waals surface area contributed by atoms with Gasteiger partial charge in [0.05, 0.1) is 45.7 Å². The number of hydrogen-bond donors (Lipinski definition) is 2. The van der Waals surface area contributed by atoms with Crippen molar-refractivity contribution in [3.8, 4) is 11.5 Å². The van der Waals surface area contributed by atoms with E-state index in [1.54, 1.807) is 35.6 Å². The van der Waals surface area contributed by atoms with Crippen molar-refractivity contribution in [1.29, 1.82) is 0 Å². The van der Waals surface area contributed by atoms with Crippen LogP contribution < -0.4 is 19.5 Å². The molecule has 1 amide bonds. The topological polar surface area (TPSA) is 107 Å². The van der Waals surface area contributed by atoms with Crippen molar-refractivity contribution < 1.29 is 22.7 Å². The number of aryl methyl sites for hydroxylation is 1. The van der Waals surface area contributed by atoms with Crippen LogP contribution in [-0.2, 0) is 21.2 Å². The molecule has 0 aliphatic carbocycles. The minimum atomic E-state index is -3.94. The number of carbonyl (C=O) groups is 1. The predicted octanol–water partition coefficient (Wildman–Crippen LogP) is 4.69. The van der Waals surface area contributed by atoms with Gasteiger partial charge in [0.1, 0.15) is 11.5 Å². The number of thiazole rings is 1. The van der Waals surface area contributed by atoms with E-state index >= 15 is 0 Å². The highest BCUT2D eigenvalue weighted by Gasteiger charge is 2.19. The van der Waals surface area contributed by atoms with E-state index in [0.717, 1.165) is 15.2 Å². The third-order valence-electron chi connectivity index (χ3n) is 5.01. The number of para-hydroxylation sites is 3. The van der Waals surface area contributed by atoms with E-state index < -0.39 is 10.0 Å². The van der Waals surface area contributed by atoms with Crippen LogP contribution in [0.15, 0.2) is 71.6 Å². The fourth-order valence-electron chi connectivity index (χ4n) is 3.34. The van der Waals surface area contributed by atoms with Crippen LogP contribution in [0.3, 0.4) is 0 Å². The highest BCUT2D eigenvalue weighted by Crippen LogP contribution is 2.31. The van der Waals surface area contributed by atoms with Crippen molar-refractivity contribution in [2.75, 3.05) is 24.3 Å². The van der Waals surface area contributed by atoms with Crippen molar-refractivity contribution in [1.82, 2.24) is 4.98 Å². The van der Waals surface area contributed by atoms with Crippen molar-refractivity contribution in [3.63, 3.8) is 0 Å². The molecule has 0 atom stereocenters. The Morgan fingerprint density at radius 3 is 2.41 bits per heavy atom. The molecule has 0 aliphatic heterocycles. The van der Waals surface area contributed by atoms with Gasteiger partial charge in [-0.05, 0) is 42.5 Å². The van der Waals surface area contributed by atoms with Gasteiger partial charge in [-0.15, -0.1) is 11.3 Å². The number of methoxy groups -OCH3 is 2. The Labute approximate surface area is 201 Å². The van der Waals surface area contributed by atoms with Gasteiger partial charge < -0.3 is 14.8 Å². The van der Waals surface area contributed by atoms with Crippen LogP contribution in [-0.4, -0.2) is 33.5 Å². The number of benzene rings is 3. The van der Waals surface area contributed by atoms with Gasteiger partial charge in [0, 0.05) is 12.8 Å². The summed E-state index contributed by atoms with van der Waals surface area (Å²) in [5.74, 6) is 0.470. The van der Waals surface area contributed by atoms with Crippen molar-refractivity contribution in [2.45, 2.75) is 17.7 Å². The number of aromatic nitrogens is 1. The maximum absolute atomic E-state index is 13.0. The lowest BCUT2D eigenvalue weighted by Crippen LogP contribution is -2.16. The molecular formula is C24H23N3O5S2. The summed E-state index contributed by atoms with van der Waals surface area (Å²) < 4.78 is 40.1. The summed E-state index contributed by atoms with van der Waals surface area (Å²) in [6, 6.07) is 18.8. The number of rotatable bonds is 9.